The highest BCUT2D eigenvalue weighted by Crippen LogP contribution is 2.22. The van der Waals surface area contributed by atoms with Gasteiger partial charge in [-0.3, -0.25) is 4.79 Å². The summed E-state index contributed by atoms with van der Waals surface area (Å²) in [7, 11) is -3.24. The molecule has 2 rings (SSSR count). The van der Waals surface area contributed by atoms with E-state index in [0.29, 0.717) is 25.3 Å². The molecule has 0 unspecified atom stereocenters. The maximum atomic E-state index is 12.3. The third-order valence-electron chi connectivity index (χ3n) is 4.88. The predicted molar refractivity (Wildman–Crippen MR) is 98.9 cm³/mol. The highest BCUT2D eigenvalue weighted by atomic mass is 32.2. The molecule has 142 valence electrons. The molecular formula is C19H31NO4S. The van der Waals surface area contributed by atoms with E-state index in [9.17, 15) is 13.2 Å². The minimum absolute atomic E-state index is 0.0786. The molecule has 6 heteroatoms. The Kier molecular flexibility index (Phi) is 8.00. The van der Waals surface area contributed by atoms with Crippen molar-refractivity contribution in [2.24, 2.45) is 0 Å². The fourth-order valence-electron chi connectivity index (χ4n) is 3.15. The first-order valence-corrected chi connectivity index (χ1v) is 11.3. The Bertz CT molecular complexity index is 603. The lowest BCUT2D eigenvalue weighted by molar-refractivity contribution is -0.134. The fraction of sp³-hybridized carbons (Fsp3) is 0.737. The van der Waals surface area contributed by atoms with Crippen molar-refractivity contribution < 1.29 is 17.6 Å². The molecule has 1 saturated heterocycles. The first kappa shape index (κ1) is 20.0. The number of amides is 1. The number of sulfone groups is 1. The summed E-state index contributed by atoms with van der Waals surface area (Å²) in [5, 5.41) is -0.444. The van der Waals surface area contributed by atoms with E-state index in [1.807, 2.05) is 0 Å². The monoisotopic (exact) mass is 369 g/mol. The van der Waals surface area contributed by atoms with E-state index in [4.69, 9.17) is 4.42 Å². The van der Waals surface area contributed by atoms with Crippen LogP contribution in [0.15, 0.2) is 22.8 Å². The second-order valence-corrected chi connectivity index (χ2v) is 9.31. The van der Waals surface area contributed by atoms with Gasteiger partial charge in [-0.2, -0.15) is 0 Å². The van der Waals surface area contributed by atoms with Crippen LogP contribution in [-0.4, -0.2) is 37.6 Å². The standard InChI is InChI=1S/C19H31NO4S/c1-2-3-4-5-6-7-8-9-12-19(21)20-14-18(15-20)25(22,23)16-17-11-10-13-24-17/h10-11,13,18H,2-9,12,14-16H2,1H3. The lowest BCUT2D eigenvalue weighted by Gasteiger charge is -2.38. The fourth-order valence-corrected chi connectivity index (χ4v) is 4.76. The Morgan fingerprint density at radius 2 is 1.76 bits per heavy atom. The molecule has 0 aliphatic carbocycles. The van der Waals surface area contributed by atoms with Crippen molar-refractivity contribution in [1.29, 1.82) is 0 Å². The van der Waals surface area contributed by atoms with E-state index in [1.165, 1.54) is 44.8 Å². The van der Waals surface area contributed by atoms with Crippen LogP contribution in [0.4, 0.5) is 0 Å². The largest absolute Gasteiger partial charge is 0.468 e. The predicted octanol–water partition coefficient (Wildman–Crippen LogP) is 3.94. The zero-order valence-electron chi connectivity index (χ0n) is 15.3. The van der Waals surface area contributed by atoms with Gasteiger partial charge in [-0.25, -0.2) is 8.42 Å². The molecule has 0 N–H and O–H groups in total. The lowest BCUT2D eigenvalue weighted by Crippen LogP contribution is -2.57. The van der Waals surface area contributed by atoms with Crippen molar-refractivity contribution >= 4 is 15.7 Å². The van der Waals surface area contributed by atoms with Gasteiger partial charge in [0.2, 0.25) is 5.91 Å². The van der Waals surface area contributed by atoms with Gasteiger partial charge >= 0.3 is 0 Å². The second-order valence-electron chi connectivity index (χ2n) is 7.03. The lowest BCUT2D eigenvalue weighted by atomic mass is 10.1. The molecule has 5 nitrogen and oxygen atoms in total. The van der Waals surface area contributed by atoms with Crippen LogP contribution in [0.3, 0.4) is 0 Å². The molecule has 0 aromatic carbocycles. The van der Waals surface area contributed by atoms with Crippen LogP contribution in [0, 0.1) is 0 Å². The SMILES string of the molecule is CCCCCCCCCCC(=O)N1CC(S(=O)(=O)Cc2ccco2)C1. The molecular weight excluding hydrogens is 338 g/mol. The van der Waals surface area contributed by atoms with Crippen molar-refractivity contribution in [1.82, 2.24) is 4.90 Å². The van der Waals surface area contributed by atoms with Crippen LogP contribution in [0.2, 0.25) is 0 Å². The van der Waals surface area contributed by atoms with Crippen LogP contribution in [0.5, 0.6) is 0 Å². The van der Waals surface area contributed by atoms with Crippen LogP contribution in [0.25, 0.3) is 0 Å². The molecule has 1 aliphatic heterocycles. The molecule has 0 bridgehead atoms. The van der Waals surface area contributed by atoms with Gasteiger partial charge in [0.25, 0.3) is 0 Å². The number of likely N-dealkylation sites (tertiary alicyclic amines) is 1. The van der Waals surface area contributed by atoms with Crippen molar-refractivity contribution in [3.05, 3.63) is 24.2 Å². The number of carbonyl (C=O) groups excluding carboxylic acids is 1. The minimum Gasteiger partial charge on any atom is -0.468 e. The maximum absolute atomic E-state index is 12.3. The molecule has 1 aromatic heterocycles. The Morgan fingerprint density at radius 1 is 1.12 bits per heavy atom. The quantitative estimate of drug-likeness (QED) is 0.523. The third-order valence-corrected chi connectivity index (χ3v) is 6.88. The third kappa shape index (κ3) is 6.49. The average Bonchev–Trinajstić information content (AvgIpc) is 3.00. The summed E-state index contributed by atoms with van der Waals surface area (Å²) in [5.41, 5.74) is 0. The van der Waals surface area contributed by atoms with Gasteiger partial charge < -0.3 is 9.32 Å². The number of rotatable bonds is 12. The zero-order chi connectivity index (χ0) is 18.1. The van der Waals surface area contributed by atoms with Crippen molar-refractivity contribution in [2.45, 2.75) is 75.7 Å². The van der Waals surface area contributed by atoms with Gasteiger partial charge in [-0.05, 0) is 18.6 Å². The Morgan fingerprint density at radius 3 is 2.36 bits per heavy atom. The van der Waals surface area contributed by atoms with Gasteiger partial charge in [0, 0.05) is 19.5 Å². The van der Waals surface area contributed by atoms with Crippen LogP contribution >= 0.6 is 0 Å². The van der Waals surface area contributed by atoms with Crippen LogP contribution in [0.1, 0.15) is 70.5 Å². The number of carbonyl (C=O) groups is 1. The van der Waals surface area contributed by atoms with Gasteiger partial charge in [-0.1, -0.05) is 51.9 Å². The van der Waals surface area contributed by atoms with Gasteiger partial charge in [0.05, 0.1) is 11.5 Å². The van der Waals surface area contributed by atoms with Crippen LogP contribution < -0.4 is 0 Å². The highest BCUT2D eigenvalue weighted by molar-refractivity contribution is 7.91. The van der Waals surface area contributed by atoms with E-state index in [2.05, 4.69) is 6.92 Å². The summed E-state index contributed by atoms with van der Waals surface area (Å²) in [4.78, 5) is 13.8. The molecule has 0 saturated carbocycles. The van der Waals surface area contributed by atoms with Crippen molar-refractivity contribution in [3.8, 4) is 0 Å². The molecule has 1 aliphatic rings. The van der Waals surface area contributed by atoms with E-state index in [0.717, 1.165) is 12.8 Å². The molecule has 1 amide bonds. The Labute approximate surface area is 151 Å². The number of nitrogens with zero attached hydrogens (tertiary/aromatic N) is 1. The first-order chi connectivity index (χ1) is 12.0. The van der Waals surface area contributed by atoms with Crippen LogP contribution in [-0.2, 0) is 20.4 Å². The molecule has 1 fully saturated rings. The summed E-state index contributed by atoms with van der Waals surface area (Å²) in [6.45, 7) is 2.88. The topological polar surface area (TPSA) is 67.6 Å². The second kappa shape index (κ2) is 10.00. The van der Waals surface area contributed by atoms with E-state index in [-0.39, 0.29) is 11.7 Å². The highest BCUT2D eigenvalue weighted by Gasteiger charge is 2.39. The average molecular weight is 370 g/mol. The molecule has 0 atom stereocenters. The number of hydrogen-bond donors (Lipinski definition) is 0. The van der Waals surface area contributed by atoms with Gasteiger partial charge in [-0.15, -0.1) is 0 Å². The minimum atomic E-state index is -3.24. The summed E-state index contributed by atoms with van der Waals surface area (Å²) < 4.78 is 29.6. The smallest absolute Gasteiger partial charge is 0.222 e. The number of furan rings is 1. The van der Waals surface area contributed by atoms with E-state index >= 15 is 0 Å². The summed E-state index contributed by atoms with van der Waals surface area (Å²) in [6, 6.07) is 3.35. The Balaban J connectivity index is 1.56. The Hall–Kier alpha value is -1.30. The van der Waals surface area contributed by atoms with Crippen molar-refractivity contribution in [2.75, 3.05) is 13.1 Å². The van der Waals surface area contributed by atoms with Gasteiger partial charge in [0.1, 0.15) is 11.5 Å². The molecule has 0 spiro atoms. The summed E-state index contributed by atoms with van der Waals surface area (Å²) in [6.07, 6.45) is 11.7. The van der Waals surface area contributed by atoms with Gasteiger partial charge in [0.15, 0.2) is 9.84 Å². The number of unbranched alkanes of at least 4 members (excludes halogenated alkanes) is 7. The summed E-state index contributed by atoms with van der Waals surface area (Å²) in [5.74, 6) is 0.476. The first-order valence-electron chi connectivity index (χ1n) is 9.54. The zero-order valence-corrected chi connectivity index (χ0v) is 16.1. The van der Waals surface area contributed by atoms with Crippen molar-refractivity contribution in [3.63, 3.8) is 0 Å². The molecule has 2 heterocycles. The number of hydrogen-bond acceptors (Lipinski definition) is 4. The molecule has 1 aromatic rings. The molecule has 0 radical (unpaired) electrons. The normalized spacial score (nSPS) is 15.3. The van der Waals surface area contributed by atoms with E-state index in [1.54, 1.807) is 17.0 Å². The van der Waals surface area contributed by atoms with E-state index < -0.39 is 15.1 Å². The maximum Gasteiger partial charge on any atom is 0.222 e. The summed E-state index contributed by atoms with van der Waals surface area (Å²) >= 11 is 0. The molecule has 25 heavy (non-hydrogen) atoms.